The maximum atomic E-state index is 10.8. The van der Waals surface area contributed by atoms with Crippen molar-refractivity contribution in [3.63, 3.8) is 0 Å². The molecule has 2 N–H and O–H groups in total. The van der Waals surface area contributed by atoms with Gasteiger partial charge in [-0.25, -0.2) is 0 Å². The third-order valence-corrected chi connectivity index (χ3v) is 6.19. The summed E-state index contributed by atoms with van der Waals surface area (Å²) in [5.41, 5.74) is 5.15. The van der Waals surface area contributed by atoms with Crippen molar-refractivity contribution in [2.45, 2.75) is 6.42 Å². The maximum Gasteiger partial charge on any atom is 0.514 e. The predicted octanol–water partition coefficient (Wildman–Crippen LogP) is -1.10. The fraction of sp³-hybridized carbons (Fsp3) is 0.909. The zero-order valence-electron chi connectivity index (χ0n) is 12.1. The van der Waals surface area contributed by atoms with Gasteiger partial charge in [0.15, 0.2) is 0 Å². The number of carbonyl (C=O) groups is 1. The molecule has 7 nitrogen and oxygen atoms in total. The molecule has 0 aromatic rings. The Morgan fingerprint density at radius 3 is 1.95 bits per heavy atom. The lowest BCUT2D eigenvalue weighted by Gasteiger charge is -2.37. The third-order valence-electron chi connectivity index (χ3n) is 3.49. The number of primary amides is 1. The van der Waals surface area contributed by atoms with E-state index in [-0.39, 0.29) is 5.91 Å². The number of piperazine rings is 1. The first-order chi connectivity index (χ1) is 9.05. The van der Waals surface area contributed by atoms with Crippen LogP contribution in [0.2, 0.25) is 0 Å². The molecule has 0 saturated carbocycles. The lowest BCUT2D eigenvalue weighted by atomic mass is 10.3. The van der Waals surface area contributed by atoms with E-state index in [2.05, 4.69) is 9.80 Å². The topological polar surface area (TPSA) is 77.3 Å². The number of carbonyl (C=O) groups excluding carboxylic acids is 1. The van der Waals surface area contributed by atoms with Crippen molar-refractivity contribution in [1.29, 1.82) is 0 Å². The summed E-state index contributed by atoms with van der Waals surface area (Å²) in [5.74, 6) is -0.244. The van der Waals surface area contributed by atoms with Crippen LogP contribution in [0.1, 0.15) is 6.42 Å². The summed E-state index contributed by atoms with van der Waals surface area (Å²) in [6.45, 7) is 4.43. The number of hydrogen-bond acceptors (Lipinski definition) is 6. The second-order valence-electron chi connectivity index (χ2n) is 4.63. The van der Waals surface area contributed by atoms with Gasteiger partial charge in [-0.3, -0.25) is 9.69 Å². The standard InChI is InChI=1S/C11H25N3O4Si/c1-16-19(17-2,18-3)10-14-8-6-13(7-9-14)5-4-11(12)15/h4-10H2,1-3H3,(H2,12,15). The molecule has 0 unspecified atom stereocenters. The number of rotatable bonds is 8. The smallest absolute Gasteiger partial charge is 0.376 e. The molecule has 1 aliphatic heterocycles. The van der Waals surface area contributed by atoms with Crippen LogP contribution in [-0.4, -0.2) is 84.7 Å². The predicted molar refractivity (Wildman–Crippen MR) is 73.5 cm³/mol. The van der Waals surface area contributed by atoms with Gasteiger partial charge in [0.25, 0.3) is 0 Å². The molecular formula is C11H25N3O4Si. The Morgan fingerprint density at radius 2 is 1.53 bits per heavy atom. The Hall–Kier alpha value is -0.513. The third kappa shape index (κ3) is 5.17. The van der Waals surface area contributed by atoms with Crippen molar-refractivity contribution in [3.05, 3.63) is 0 Å². The molecule has 19 heavy (non-hydrogen) atoms. The highest BCUT2D eigenvalue weighted by Gasteiger charge is 2.40. The largest absolute Gasteiger partial charge is 0.514 e. The Labute approximate surface area is 115 Å². The van der Waals surface area contributed by atoms with Gasteiger partial charge >= 0.3 is 8.80 Å². The van der Waals surface area contributed by atoms with Crippen LogP contribution in [0.25, 0.3) is 0 Å². The van der Waals surface area contributed by atoms with Crippen LogP contribution in [-0.2, 0) is 18.1 Å². The average Bonchev–Trinajstić information content (AvgIpc) is 2.44. The fourth-order valence-corrected chi connectivity index (χ4v) is 3.91. The second kappa shape index (κ2) is 7.93. The van der Waals surface area contributed by atoms with E-state index in [1.807, 2.05) is 0 Å². The first kappa shape index (κ1) is 16.5. The molecule has 0 bridgehead atoms. The molecule has 0 spiro atoms. The minimum absolute atomic E-state index is 0.244. The second-order valence-corrected chi connectivity index (χ2v) is 7.54. The molecule has 0 aromatic heterocycles. The van der Waals surface area contributed by atoms with Gasteiger partial charge in [0, 0.05) is 60.5 Å². The summed E-state index contributed by atoms with van der Waals surface area (Å²) in [6, 6.07) is 0. The molecular weight excluding hydrogens is 266 g/mol. The Balaban J connectivity index is 2.35. The van der Waals surface area contributed by atoms with E-state index in [1.165, 1.54) is 0 Å². The number of hydrogen-bond donors (Lipinski definition) is 1. The molecule has 0 atom stereocenters. The monoisotopic (exact) mass is 291 g/mol. The van der Waals surface area contributed by atoms with E-state index in [9.17, 15) is 4.79 Å². The van der Waals surface area contributed by atoms with E-state index in [4.69, 9.17) is 19.0 Å². The van der Waals surface area contributed by atoms with E-state index >= 15 is 0 Å². The van der Waals surface area contributed by atoms with E-state index in [1.54, 1.807) is 21.3 Å². The van der Waals surface area contributed by atoms with Gasteiger partial charge < -0.3 is 23.9 Å². The van der Waals surface area contributed by atoms with E-state index in [0.717, 1.165) is 32.7 Å². The average molecular weight is 291 g/mol. The first-order valence-electron chi connectivity index (χ1n) is 6.43. The summed E-state index contributed by atoms with van der Waals surface area (Å²) >= 11 is 0. The van der Waals surface area contributed by atoms with Crippen LogP contribution >= 0.6 is 0 Å². The van der Waals surface area contributed by atoms with Crippen LogP contribution in [0.3, 0.4) is 0 Å². The van der Waals surface area contributed by atoms with Gasteiger partial charge in [-0.1, -0.05) is 0 Å². The molecule has 1 rings (SSSR count). The van der Waals surface area contributed by atoms with Crippen LogP contribution in [0.5, 0.6) is 0 Å². The maximum absolute atomic E-state index is 10.8. The summed E-state index contributed by atoms with van der Waals surface area (Å²) in [7, 11) is 2.35. The minimum Gasteiger partial charge on any atom is -0.376 e. The van der Waals surface area contributed by atoms with Gasteiger partial charge in [-0.05, 0) is 0 Å². The Kier molecular flexibility index (Phi) is 6.90. The molecule has 1 amide bonds. The molecule has 1 saturated heterocycles. The first-order valence-corrected chi connectivity index (χ1v) is 8.37. The van der Waals surface area contributed by atoms with E-state index in [0.29, 0.717) is 12.6 Å². The van der Waals surface area contributed by atoms with Crippen LogP contribution in [0.15, 0.2) is 0 Å². The van der Waals surface area contributed by atoms with Gasteiger partial charge in [-0.2, -0.15) is 0 Å². The molecule has 0 aromatic carbocycles. The molecule has 8 heteroatoms. The molecule has 1 heterocycles. The zero-order chi connectivity index (χ0) is 14.3. The van der Waals surface area contributed by atoms with Gasteiger partial charge in [0.05, 0.1) is 6.17 Å². The van der Waals surface area contributed by atoms with Crippen molar-refractivity contribution < 1.29 is 18.1 Å². The molecule has 0 aliphatic carbocycles. The highest BCUT2D eigenvalue weighted by Crippen LogP contribution is 2.11. The lowest BCUT2D eigenvalue weighted by Crippen LogP contribution is -2.57. The van der Waals surface area contributed by atoms with Gasteiger partial charge in [-0.15, -0.1) is 0 Å². The number of nitrogens with two attached hydrogens (primary N) is 1. The zero-order valence-corrected chi connectivity index (χ0v) is 13.1. The Bertz CT molecular complexity index is 273. The van der Waals surface area contributed by atoms with Crippen LogP contribution in [0.4, 0.5) is 0 Å². The van der Waals surface area contributed by atoms with Gasteiger partial charge in [0.2, 0.25) is 5.91 Å². The van der Waals surface area contributed by atoms with Gasteiger partial charge in [0.1, 0.15) is 0 Å². The summed E-state index contributed by atoms with van der Waals surface area (Å²) in [4.78, 5) is 15.3. The summed E-state index contributed by atoms with van der Waals surface area (Å²) in [6.07, 6.45) is 1.12. The lowest BCUT2D eigenvalue weighted by molar-refractivity contribution is -0.118. The van der Waals surface area contributed by atoms with Crippen molar-refractivity contribution in [2.24, 2.45) is 5.73 Å². The van der Waals surface area contributed by atoms with Crippen molar-refractivity contribution in [1.82, 2.24) is 9.80 Å². The highest BCUT2D eigenvalue weighted by atomic mass is 28.4. The summed E-state index contributed by atoms with van der Waals surface area (Å²) < 4.78 is 16.3. The SMILES string of the molecule is CO[Si](CN1CCN(CCC(N)=O)CC1)(OC)OC. The number of amides is 1. The minimum atomic E-state index is -2.53. The quantitative estimate of drug-likeness (QED) is 0.572. The van der Waals surface area contributed by atoms with Crippen LogP contribution < -0.4 is 5.73 Å². The van der Waals surface area contributed by atoms with Crippen molar-refractivity contribution in [2.75, 3.05) is 60.2 Å². The molecule has 1 aliphatic rings. The highest BCUT2D eigenvalue weighted by molar-refractivity contribution is 6.60. The molecule has 112 valence electrons. The molecule has 0 radical (unpaired) electrons. The fourth-order valence-electron chi connectivity index (χ4n) is 2.16. The van der Waals surface area contributed by atoms with Crippen molar-refractivity contribution in [3.8, 4) is 0 Å². The van der Waals surface area contributed by atoms with Crippen LogP contribution in [0, 0.1) is 0 Å². The Morgan fingerprint density at radius 1 is 1.05 bits per heavy atom. The normalized spacial score (nSPS) is 18.7. The summed E-state index contributed by atoms with van der Waals surface area (Å²) in [5, 5.41) is 0. The number of nitrogens with zero attached hydrogens (tertiary/aromatic N) is 2. The molecule has 1 fully saturated rings. The van der Waals surface area contributed by atoms with Crippen molar-refractivity contribution >= 4 is 14.7 Å². The van der Waals surface area contributed by atoms with E-state index < -0.39 is 8.80 Å².